The maximum atomic E-state index is 5.46. The zero-order valence-electron chi connectivity index (χ0n) is 17.7. The molecule has 0 spiro atoms. The van der Waals surface area contributed by atoms with Crippen molar-refractivity contribution in [3.8, 4) is 0 Å². The molecule has 1 aromatic rings. The minimum Gasteiger partial charge on any atom is -0.330 e. The van der Waals surface area contributed by atoms with Gasteiger partial charge in [0.25, 0.3) is 0 Å². The Bertz CT molecular complexity index is 386. The number of rotatable bonds is 18. The fourth-order valence-corrected chi connectivity index (χ4v) is 2.85. The van der Waals surface area contributed by atoms with Crippen LogP contribution in [0.1, 0.15) is 56.9 Å². The van der Waals surface area contributed by atoms with Crippen LogP contribution in [0.15, 0.2) is 30.3 Å². The molecule has 0 saturated carbocycles. The Morgan fingerprint density at radius 2 is 0.966 bits per heavy atom. The third-order valence-electron chi connectivity index (χ3n) is 4.39. The fraction of sp³-hybridized carbons (Fsp3) is 0.714. The standard InChI is InChI=1S/C21H40N4.4ClH/c22-14-10-17-23-15-8-3-1-2-4-9-16-24-18-11-19-25-20-21-12-6-5-7-13-21;;;;/h5-7,12-13,23-25H,1-4,8-11,14-20,22H2;4*1H. The number of hydrogen-bond acceptors (Lipinski definition) is 4. The molecule has 0 heterocycles. The molecule has 1 rings (SSSR count). The summed E-state index contributed by atoms with van der Waals surface area (Å²) in [5.41, 5.74) is 6.83. The normalized spacial score (nSPS) is 9.55. The fourth-order valence-electron chi connectivity index (χ4n) is 2.85. The van der Waals surface area contributed by atoms with Crippen molar-refractivity contribution in [2.45, 2.75) is 57.9 Å². The highest BCUT2D eigenvalue weighted by atomic mass is 35.5. The molecule has 0 saturated heterocycles. The predicted octanol–water partition coefficient (Wildman–Crippen LogP) is 4.72. The Morgan fingerprint density at radius 1 is 0.517 bits per heavy atom. The van der Waals surface area contributed by atoms with Crippen LogP contribution in [0.3, 0.4) is 0 Å². The Hall–Kier alpha value is 0.220. The van der Waals surface area contributed by atoms with Crippen LogP contribution in [0, 0.1) is 0 Å². The van der Waals surface area contributed by atoms with Gasteiger partial charge in [-0.25, -0.2) is 0 Å². The van der Waals surface area contributed by atoms with Gasteiger partial charge in [-0.2, -0.15) is 0 Å². The molecule has 0 fully saturated rings. The van der Waals surface area contributed by atoms with Crippen LogP contribution in [0.5, 0.6) is 0 Å². The quantitative estimate of drug-likeness (QED) is 0.223. The lowest BCUT2D eigenvalue weighted by Crippen LogP contribution is -2.22. The second-order valence-corrected chi connectivity index (χ2v) is 6.78. The minimum atomic E-state index is 0. The molecule has 0 aliphatic rings. The van der Waals surface area contributed by atoms with Gasteiger partial charge < -0.3 is 21.7 Å². The summed E-state index contributed by atoms with van der Waals surface area (Å²) in [4.78, 5) is 0. The molecule has 8 heteroatoms. The summed E-state index contributed by atoms with van der Waals surface area (Å²) in [5.74, 6) is 0. The van der Waals surface area contributed by atoms with Gasteiger partial charge in [0.15, 0.2) is 0 Å². The van der Waals surface area contributed by atoms with Gasteiger partial charge in [-0.05, 0) is 70.5 Å². The maximum Gasteiger partial charge on any atom is 0.0205 e. The van der Waals surface area contributed by atoms with Gasteiger partial charge in [0, 0.05) is 6.54 Å². The molecule has 0 radical (unpaired) electrons. The van der Waals surface area contributed by atoms with E-state index in [0.717, 1.165) is 45.7 Å². The average Bonchev–Trinajstić information content (AvgIpc) is 2.65. The lowest BCUT2D eigenvalue weighted by molar-refractivity contribution is 0.539. The Morgan fingerprint density at radius 3 is 1.52 bits per heavy atom. The zero-order valence-corrected chi connectivity index (χ0v) is 21.0. The van der Waals surface area contributed by atoms with Crippen LogP contribution in [0.2, 0.25) is 0 Å². The van der Waals surface area contributed by atoms with Crippen molar-refractivity contribution in [3.05, 3.63) is 35.9 Å². The maximum absolute atomic E-state index is 5.46. The number of unbranched alkanes of at least 4 members (excludes halogenated alkanes) is 5. The summed E-state index contributed by atoms with van der Waals surface area (Å²) in [6.07, 6.45) is 10.4. The first-order chi connectivity index (χ1) is 12.4. The third-order valence-corrected chi connectivity index (χ3v) is 4.39. The van der Waals surface area contributed by atoms with E-state index in [-0.39, 0.29) is 49.6 Å². The highest BCUT2D eigenvalue weighted by molar-refractivity contribution is 5.86. The first-order valence-corrected chi connectivity index (χ1v) is 10.3. The zero-order chi connectivity index (χ0) is 17.8. The van der Waals surface area contributed by atoms with Crippen LogP contribution in [-0.2, 0) is 6.54 Å². The summed E-state index contributed by atoms with van der Waals surface area (Å²) < 4.78 is 0. The van der Waals surface area contributed by atoms with Crippen molar-refractivity contribution in [2.24, 2.45) is 5.73 Å². The molecule has 4 nitrogen and oxygen atoms in total. The van der Waals surface area contributed by atoms with E-state index in [1.54, 1.807) is 0 Å². The Kier molecular flexibility index (Phi) is 38.4. The third kappa shape index (κ3) is 26.2. The van der Waals surface area contributed by atoms with Crippen molar-refractivity contribution in [1.29, 1.82) is 0 Å². The summed E-state index contributed by atoms with van der Waals surface area (Å²) >= 11 is 0. The highest BCUT2D eigenvalue weighted by Gasteiger charge is 1.94. The highest BCUT2D eigenvalue weighted by Crippen LogP contribution is 2.04. The van der Waals surface area contributed by atoms with Gasteiger partial charge >= 0.3 is 0 Å². The van der Waals surface area contributed by atoms with Crippen LogP contribution in [0.4, 0.5) is 0 Å². The Balaban J connectivity index is -0.000000781. The van der Waals surface area contributed by atoms with Crippen molar-refractivity contribution < 1.29 is 0 Å². The second kappa shape index (κ2) is 30.4. The van der Waals surface area contributed by atoms with Crippen molar-refractivity contribution in [1.82, 2.24) is 16.0 Å². The molecule has 0 bridgehead atoms. The first-order valence-electron chi connectivity index (χ1n) is 10.3. The summed E-state index contributed by atoms with van der Waals surface area (Å²) in [6, 6.07) is 10.6. The van der Waals surface area contributed by atoms with E-state index in [4.69, 9.17) is 5.73 Å². The topological polar surface area (TPSA) is 62.1 Å². The lowest BCUT2D eigenvalue weighted by atomic mass is 10.1. The molecule has 29 heavy (non-hydrogen) atoms. The molecule has 0 aliphatic heterocycles. The monoisotopic (exact) mass is 492 g/mol. The summed E-state index contributed by atoms with van der Waals surface area (Å²) in [5, 5.41) is 10.5. The van der Waals surface area contributed by atoms with Crippen LogP contribution in [0.25, 0.3) is 0 Å². The van der Waals surface area contributed by atoms with E-state index in [0.29, 0.717) is 0 Å². The van der Waals surface area contributed by atoms with Crippen LogP contribution in [-0.4, -0.2) is 39.3 Å². The first kappa shape index (κ1) is 36.6. The van der Waals surface area contributed by atoms with E-state index < -0.39 is 0 Å². The number of nitrogens with two attached hydrogens (primary N) is 1. The van der Waals surface area contributed by atoms with Gasteiger partial charge in [0.2, 0.25) is 0 Å². The van der Waals surface area contributed by atoms with Crippen molar-refractivity contribution in [2.75, 3.05) is 39.3 Å². The summed E-state index contributed by atoms with van der Waals surface area (Å²) in [6.45, 7) is 7.37. The molecule has 5 N–H and O–H groups in total. The van der Waals surface area contributed by atoms with E-state index >= 15 is 0 Å². The van der Waals surface area contributed by atoms with Crippen LogP contribution < -0.4 is 21.7 Å². The number of hydrogen-bond donors (Lipinski definition) is 4. The van der Waals surface area contributed by atoms with Gasteiger partial charge in [-0.15, -0.1) is 49.6 Å². The molecule has 1 aromatic carbocycles. The molecule has 0 amide bonds. The smallest absolute Gasteiger partial charge is 0.0205 e. The van der Waals surface area contributed by atoms with E-state index in [1.165, 1.54) is 57.1 Å². The van der Waals surface area contributed by atoms with Crippen molar-refractivity contribution in [3.63, 3.8) is 0 Å². The molecule has 176 valence electrons. The Labute approximate surface area is 204 Å². The molecule has 0 aliphatic carbocycles. The van der Waals surface area contributed by atoms with E-state index in [2.05, 4.69) is 46.3 Å². The predicted molar refractivity (Wildman–Crippen MR) is 139 cm³/mol. The molecule has 0 aromatic heterocycles. The van der Waals surface area contributed by atoms with Crippen LogP contribution >= 0.6 is 49.6 Å². The number of halogens is 4. The summed E-state index contributed by atoms with van der Waals surface area (Å²) in [7, 11) is 0. The molecular weight excluding hydrogens is 450 g/mol. The SMILES string of the molecule is Cl.Cl.Cl.Cl.NCCCNCCCCCCCCNCCCNCc1ccccc1. The van der Waals surface area contributed by atoms with E-state index in [1.807, 2.05) is 0 Å². The van der Waals surface area contributed by atoms with Gasteiger partial charge in [0.1, 0.15) is 0 Å². The van der Waals surface area contributed by atoms with E-state index in [9.17, 15) is 0 Å². The lowest BCUT2D eigenvalue weighted by Gasteiger charge is -2.07. The minimum absolute atomic E-state index is 0. The van der Waals surface area contributed by atoms with Gasteiger partial charge in [-0.1, -0.05) is 56.0 Å². The van der Waals surface area contributed by atoms with Gasteiger partial charge in [-0.3, -0.25) is 0 Å². The number of nitrogens with one attached hydrogen (secondary N) is 3. The molecular formula is C21H44Cl4N4. The average molecular weight is 494 g/mol. The largest absolute Gasteiger partial charge is 0.330 e. The molecule has 0 atom stereocenters. The van der Waals surface area contributed by atoms with Gasteiger partial charge in [0.05, 0.1) is 0 Å². The number of benzene rings is 1. The van der Waals surface area contributed by atoms with Crippen molar-refractivity contribution >= 4 is 49.6 Å². The molecule has 0 unspecified atom stereocenters. The second-order valence-electron chi connectivity index (χ2n) is 6.78.